The number of fused-ring (bicyclic) bond motifs is 1. The SMILES string of the molecule is CC[C@H](Oc1ccccc1OC)C(=O)N1CCC([C@@H]2C[C@H](C(F)F)n3ncnc3N2)CC1. The number of hydrogen-bond acceptors (Lipinski definition) is 6. The molecule has 0 aliphatic carbocycles. The largest absolute Gasteiger partial charge is 0.493 e. The molecule has 1 fully saturated rings. The molecule has 1 aromatic carbocycles. The minimum absolute atomic E-state index is 0.0568. The third kappa shape index (κ3) is 4.49. The van der Waals surface area contributed by atoms with Crippen molar-refractivity contribution in [3.8, 4) is 11.5 Å². The molecule has 0 unspecified atom stereocenters. The Labute approximate surface area is 185 Å². The Bertz CT molecular complexity index is 916. The summed E-state index contributed by atoms with van der Waals surface area (Å²) in [5, 5.41) is 7.21. The van der Waals surface area contributed by atoms with E-state index in [1.54, 1.807) is 19.2 Å². The lowest BCUT2D eigenvalue weighted by molar-refractivity contribution is -0.140. The number of methoxy groups -OCH3 is 1. The van der Waals surface area contributed by atoms with Crippen LogP contribution in [-0.2, 0) is 4.79 Å². The second kappa shape index (κ2) is 9.70. The molecule has 2 aliphatic heterocycles. The number of amides is 1. The fourth-order valence-corrected chi connectivity index (χ4v) is 4.60. The number of benzene rings is 1. The van der Waals surface area contributed by atoms with Crippen LogP contribution in [0.2, 0.25) is 0 Å². The number of nitrogens with zero attached hydrogens (tertiary/aromatic N) is 4. The van der Waals surface area contributed by atoms with Crippen LogP contribution in [0.5, 0.6) is 11.5 Å². The zero-order chi connectivity index (χ0) is 22.7. The first-order valence-corrected chi connectivity index (χ1v) is 11.0. The lowest BCUT2D eigenvalue weighted by atomic mass is 9.85. The van der Waals surface area contributed by atoms with Crippen LogP contribution in [0.25, 0.3) is 0 Å². The first-order valence-electron chi connectivity index (χ1n) is 11.0. The molecule has 8 nitrogen and oxygen atoms in total. The van der Waals surface area contributed by atoms with Gasteiger partial charge in [0.1, 0.15) is 12.4 Å². The maximum atomic E-state index is 13.6. The van der Waals surface area contributed by atoms with Crippen LogP contribution >= 0.6 is 0 Å². The molecule has 1 N–H and O–H groups in total. The number of anilines is 1. The number of likely N-dealkylation sites (tertiary alicyclic amines) is 1. The van der Waals surface area contributed by atoms with Crippen molar-refractivity contribution in [1.29, 1.82) is 0 Å². The van der Waals surface area contributed by atoms with Gasteiger partial charge in [0, 0.05) is 19.1 Å². The maximum Gasteiger partial charge on any atom is 0.263 e. The quantitative estimate of drug-likeness (QED) is 0.698. The molecule has 1 saturated heterocycles. The summed E-state index contributed by atoms with van der Waals surface area (Å²) in [7, 11) is 1.57. The Morgan fingerprint density at radius 2 is 1.97 bits per heavy atom. The molecule has 3 heterocycles. The summed E-state index contributed by atoms with van der Waals surface area (Å²) in [6.45, 7) is 3.05. The molecule has 1 amide bonds. The first-order chi connectivity index (χ1) is 15.5. The van der Waals surface area contributed by atoms with Crippen LogP contribution in [-0.4, -0.2) is 64.3 Å². The molecule has 2 aromatic rings. The molecular formula is C22H29F2N5O3. The minimum atomic E-state index is -2.50. The van der Waals surface area contributed by atoms with Crippen molar-refractivity contribution in [3.63, 3.8) is 0 Å². The van der Waals surface area contributed by atoms with Gasteiger partial charge in [0.2, 0.25) is 5.95 Å². The number of para-hydroxylation sites is 2. The summed E-state index contributed by atoms with van der Waals surface area (Å²) in [5.41, 5.74) is 0. The average Bonchev–Trinajstić information content (AvgIpc) is 3.30. The molecule has 10 heteroatoms. The highest BCUT2D eigenvalue weighted by molar-refractivity contribution is 5.81. The standard InChI is InChI=1S/C22H29F2N5O3/c1-3-17(32-19-7-5-4-6-18(19)31-2)21(30)28-10-8-14(9-11-28)15-12-16(20(23)24)29-22(27-15)25-13-26-29/h4-7,13-17,20H,3,8-12H2,1-2H3,(H,25,26,27)/t15-,16+,17-/m0/s1. The van der Waals surface area contributed by atoms with Crippen molar-refractivity contribution in [3.05, 3.63) is 30.6 Å². The first kappa shape index (κ1) is 22.3. The van der Waals surface area contributed by atoms with Gasteiger partial charge >= 0.3 is 0 Å². The Kier molecular flexibility index (Phi) is 6.76. The molecule has 2 aliphatic rings. The lowest BCUT2D eigenvalue weighted by Crippen LogP contribution is -2.49. The second-order valence-corrected chi connectivity index (χ2v) is 8.24. The number of alkyl halides is 2. The Balaban J connectivity index is 1.36. The van der Waals surface area contributed by atoms with Crippen LogP contribution in [0.15, 0.2) is 30.6 Å². The fourth-order valence-electron chi connectivity index (χ4n) is 4.60. The minimum Gasteiger partial charge on any atom is -0.493 e. The topological polar surface area (TPSA) is 81.5 Å². The molecular weight excluding hydrogens is 420 g/mol. The van der Waals surface area contributed by atoms with Crippen LogP contribution < -0.4 is 14.8 Å². The van der Waals surface area contributed by atoms with E-state index in [4.69, 9.17) is 9.47 Å². The third-order valence-corrected chi connectivity index (χ3v) is 6.39. The van der Waals surface area contributed by atoms with Gasteiger partial charge in [-0.2, -0.15) is 10.1 Å². The third-order valence-electron chi connectivity index (χ3n) is 6.39. The van der Waals surface area contributed by atoms with E-state index in [-0.39, 0.29) is 17.9 Å². The molecule has 0 radical (unpaired) electrons. The number of carbonyl (C=O) groups is 1. The van der Waals surface area contributed by atoms with Gasteiger partial charge < -0.3 is 19.7 Å². The zero-order valence-electron chi connectivity index (χ0n) is 18.3. The zero-order valence-corrected chi connectivity index (χ0v) is 18.3. The van der Waals surface area contributed by atoms with Crippen molar-refractivity contribution in [2.24, 2.45) is 5.92 Å². The van der Waals surface area contributed by atoms with Crippen molar-refractivity contribution in [2.75, 3.05) is 25.5 Å². The van der Waals surface area contributed by atoms with Crippen LogP contribution in [0, 0.1) is 5.92 Å². The average molecular weight is 450 g/mol. The Morgan fingerprint density at radius 3 is 2.62 bits per heavy atom. The highest BCUT2D eigenvalue weighted by atomic mass is 19.3. The lowest BCUT2D eigenvalue weighted by Gasteiger charge is -2.40. The molecule has 174 valence electrons. The van der Waals surface area contributed by atoms with Crippen LogP contribution in [0.1, 0.15) is 38.6 Å². The number of carbonyl (C=O) groups excluding carboxylic acids is 1. The number of hydrogen-bond donors (Lipinski definition) is 1. The van der Waals surface area contributed by atoms with Gasteiger partial charge in [-0.3, -0.25) is 4.79 Å². The van der Waals surface area contributed by atoms with Crippen LogP contribution in [0.3, 0.4) is 0 Å². The monoisotopic (exact) mass is 449 g/mol. The highest BCUT2D eigenvalue weighted by Gasteiger charge is 2.39. The van der Waals surface area contributed by atoms with Gasteiger partial charge in [-0.15, -0.1) is 0 Å². The summed E-state index contributed by atoms with van der Waals surface area (Å²) in [5.74, 6) is 1.64. The van der Waals surface area contributed by atoms with Gasteiger partial charge in [0.15, 0.2) is 17.6 Å². The van der Waals surface area contributed by atoms with Crippen molar-refractivity contribution in [1.82, 2.24) is 19.7 Å². The highest BCUT2D eigenvalue weighted by Crippen LogP contribution is 2.36. The molecule has 1 aromatic heterocycles. The maximum absolute atomic E-state index is 13.6. The molecule has 0 bridgehead atoms. The predicted octanol–water partition coefficient (Wildman–Crippen LogP) is 3.37. The van der Waals surface area contributed by atoms with E-state index in [1.807, 2.05) is 24.0 Å². The van der Waals surface area contributed by atoms with Gasteiger partial charge in [0.25, 0.3) is 12.3 Å². The summed E-state index contributed by atoms with van der Waals surface area (Å²) in [6.07, 6.45) is 0.496. The molecule has 4 rings (SSSR count). The smallest absolute Gasteiger partial charge is 0.263 e. The fraction of sp³-hybridized carbons (Fsp3) is 0.591. The van der Waals surface area contributed by atoms with Gasteiger partial charge in [0.05, 0.1) is 7.11 Å². The van der Waals surface area contributed by atoms with E-state index >= 15 is 0 Å². The Hall–Kier alpha value is -2.91. The second-order valence-electron chi connectivity index (χ2n) is 8.24. The van der Waals surface area contributed by atoms with Crippen LogP contribution in [0.4, 0.5) is 14.7 Å². The predicted molar refractivity (Wildman–Crippen MR) is 114 cm³/mol. The molecule has 32 heavy (non-hydrogen) atoms. The summed E-state index contributed by atoms with van der Waals surface area (Å²) < 4.78 is 39.7. The molecule has 3 atom stereocenters. The van der Waals surface area contributed by atoms with E-state index in [2.05, 4.69) is 15.4 Å². The van der Waals surface area contributed by atoms with E-state index in [0.29, 0.717) is 43.4 Å². The van der Waals surface area contributed by atoms with Crippen molar-refractivity contribution >= 4 is 11.9 Å². The normalized spacial score (nSPS) is 22.2. The number of ether oxygens (including phenoxy) is 2. The van der Waals surface area contributed by atoms with E-state index in [1.165, 1.54) is 11.0 Å². The van der Waals surface area contributed by atoms with Crippen molar-refractivity contribution in [2.45, 2.75) is 57.2 Å². The number of piperidine rings is 1. The number of rotatable bonds is 7. The van der Waals surface area contributed by atoms with Gasteiger partial charge in [-0.05, 0) is 43.7 Å². The number of nitrogens with one attached hydrogen (secondary N) is 1. The van der Waals surface area contributed by atoms with E-state index in [0.717, 1.165) is 12.8 Å². The Morgan fingerprint density at radius 1 is 1.25 bits per heavy atom. The number of aromatic nitrogens is 3. The molecule has 0 saturated carbocycles. The van der Waals surface area contributed by atoms with Gasteiger partial charge in [-0.25, -0.2) is 13.5 Å². The summed E-state index contributed by atoms with van der Waals surface area (Å²) >= 11 is 0. The summed E-state index contributed by atoms with van der Waals surface area (Å²) in [6, 6.07) is 6.17. The summed E-state index contributed by atoms with van der Waals surface area (Å²) in [4.78, 5) is 19.0. The van der Waals surface area contributed by atoms with Gasteiger partial charge in [-0.1, -0.05) is 19.1 Å². The molecule has 0 spiro atoms. The van der Waals surface area contributed by atoms with E-state index in [9.17, 15) is 13.6 Å². The van der Waals surface area contributed by atoms with Crippen molar-refractivity contribution < 1.29 is 23.0 Å². The van der Waals surface area contributed by atoms with E-state index < -0.39 is 18.6 Å². The number of halogens is 2.